The molecule has 1 fully saturated rings. The molecule has 6 nitrogen and oxygen atoms in total. The Morgan fingerprint density at radius 2 is 2.08 bits per heavy atom. The van der Waals surface area contributed by atoms with Crippen molar-refractivity contribution >= 4 is 21.8 Å². The van der Waals surface area contributed by atoms with Gasteiger partial charge in [-0.15, -0.1) is 0 Å². The van der Waals surface area contributed by atoms with E-state index in [1.165, 1.54) is 18.2 Å². The smallest absolute Gasteiger partial charge is 0.262 e. The predicted molar refractivity (Wildman–Crippen MR) is 92.9 cm³/mol. The molecule has 0 radical (unpaired) electrons. The number of carbonyl (C=O) groups excluding carboxylic acids is 1. The van der Waals surface area contributed by atoms with Gasteiger partial charge in [0.1, 0.15) is 29.0 Å². The summed E-state index contributed by atoms with van der Waals surface area (Å²) in [5, 5.41) is 11.7. The van der Waals surface area contributed by atoms with Gasteiger partial charge < -0.3 is 9.73 Å². The van der Waals surface area contributed by atoms with E-state index in [-0.39, 0.29) is 34.2 Å². The molecule has 1 aliphatic rings. The van der Waals surface area contributed by atoms with Crippen LogP contribution in [0.25, 0.3) is 17.4 Å². The highest BCUT2D eigenvalue weighted by Gasteiger charge is 2.29. The number of sulfone groups is 1. The van der Waals surface area contributed by atoms with E-state index in [9.17, 15) is 22.9 Å². The van der Waals surface area contributed by atoms with Crippen molar-refractivity contribution < 1.29 is 22.0 Å². The zero-order valence-electron chi connectivity index (χ0n) is 13.6. The van der Waals surface area contributed by atoms with Crippen LogP contribution < -0.4 is 5.32 Å². The fourth-order valence-corrected chi connectivity index (χ4v) is 4.37. The van der Waals surface area contributed by atoms with Gasteiger partial charge in [-0.2, -0.15) is 5.26 Å². The number of benzene rings is 1. The summed E-state index contributed by atoms with van der Waals surface area (Å²) in [6.07, 6.45) is 1.56. The topological polar surface area (TPSA) is 100 Å². The van der Waals surface area contributed by atoms with Crippen LogP contribution in [0.3, 0.4) is 0 Å². The van der Waals surface area contributed by atoms with Crippen LogP contribution in [0.1, 0.15) is 12.2 Å². The minimum absolute atomic E-state index is 0.0216. The lowest BCUT2D eigenvalue weighted by atomic mass is 10.1. The van der Waals surface area contributed by atoms with Gasteiger partial charge in [0.2, 0.25) is 0 Å². The van der Waals surface area contributed by atoms with Crippen LogP contribution in [0, 0.1) is 17.1 Å². The van der Waals surface area contributed by atoms with Gasteiger partial charge in [-0.1, -0.05) is 12.1 Å². The second-order valence-corrected chi connectivity index (χ2v) is 8.15. The Hall–Kier alpha value is -2.92. The van der Waals surface area contributed by atoms with Gasteiger partial charge in [0.05, 0.1) is 17.1 Å². The van der Waals surface area contributed by atoms with Crippen LogP contribution >= 0.6 is 0 Å². The molecule has 3 rings (SSSR count). The van der Waals surface area contributed by atoms with E-state index in [0.29, 0.717) is 6.42 Å². The summed E-state index contributed by atoms with van der Waals surface area (Å²) in [7, 11) is -3.13. The Morgan fingerprint density at radius 3 is 2.73 bits per heavy atom. The van der Waals surface area contributed by atoms with Gasteiger partial charge in [-0.3, -0.25) is 4.79 Å². The number of hydrogen-bond acceptors (Lipinski definition) is 5. The highest BCUT2D eigenvalue weighted by molar-refractivity contribution is 7.91. The molecule has 1 N–H and O–H groups in total. The zero-order chi connectivity index (χ0) is 18.7. The fourth-order valence-electron chi connectivity index (χ4n) is 2.70. The van der Waals surface area contributed by atoms with E-state index in [2.05, 4.69) is 5.32 Å². The molecule has 0 bridgehead atoms. The number of amides is 1. The van der Waals surface area contributed by atoms with Crippen molar-refractivity contribution in [3.63, 3.8) is 0 Å². The maximum Gasteiger partial charge on any atom is 0.262 e. The van der Waals surface area contributed by atoms with Crippen LogP contribution in [-0.4, -0.2) is 31.9 Å². The number of nitrogens with zero attached hydrogens (tertiary/aromatic N) is 1. The highest BCUT2D eigenvalue weighted by Crippen LogP contribution is 2.25. The largest absolute Gasteiger partial charge is 0.457 e. The third-order valence-corrected chi connectivity index (χ3v) is 5.75. The molecule has 1 atom stereocenters. The van der Waals surface area contributed by atoms with E-state index in [0.717, 1.165) is 0 Å². The molecule has 2 aromatic rings. The first-order chi connectivity index (χ1) is 12.4. The number of hydrogen-bond donors (Lipinski definition) is 1. The SMILES string of the molecule is N#C/C(=C\c1ccc(-c2ccccc2F)o1)C(=O)N[C@H]1CCS(=O)(=O)C1. The number of nitrogens with one attached hydrogen (secondary N) is 1. The summed E-state index contributed by atoms with van der Waals surface area (Å²) in [5.41, 5.74) is 0.0509. The predicted octanol–water partition coefficient (Wildman–Crippen LogP) is 2.30. The lowest BCUT2D eigenvalue weighted by molar-refractivity contribution is -0.117. The molecule has 1 saturated heterocycles. The monoisotopic (exact) mass is 374 g/mol. The molecule has 0 aliphatic carbocycles. The number of rotatable bonds is 4. The average molecular weight is 374 g/mol. The molecule has 0 unspecified atom stereocenters. The average Bonchev–Trinajstić information content (AvgIpc) is 3.19. The molecule has 8 heteroatoms. The van der Waals surface area contributed by atoms with Crippen molar-refractivity contribution in [2.24, 2.45) is 0 Å². The maximum atomic E-state index is 13.8. The lowest BCUT2D eigenvalue weighted by Crippen LogP contribution is -2.36. The maximum absolute atomic E-state index is 13.8. The number of halogens is 1. The molecular formula is C18H15FN2O4S. The summed E-state index contributed by atoms with van der Waals surface area (Å²) in [4.78, 5) is 12.2. The summed E-state index contributed by atoms with van der Waals surface area (Å²) in [6.45, 7) is 0. The number of furan rings is 1. The van der Waals surface area contributed by atoms with Crippen LogP contribution in [0.2, 0.25) is 0 Å². The third kappa shape index (κ3) is 4.00. The van der Waals surface area contributed by atoms with Gasteiger partial charge in [0.25, 0.3) is 5.91 Å². The van der Waals surface area contributed by atoms with Gasteiger partial charge in [-0.05, 0) is 30.7 Å². The van der Waals surface area contributed by atoms with E-state index in [4.69, 9.17) is 4.42 Å². The van der Waals surface area contributed by atoms with E-state index < -0.39 is 27.6 Å². The van der Waals surface area contributed by atoms with E-state index in [1.807, 2.05) is 0 Å². The number of carbonyl (C=O) groups is 1. The molecule has 1 aliphatic heterocycles. The number of nitriles is 1. The van der Waals surface area contributed by atoms with Crippen LogP contribution in [0.15, 0.2) is 46.4 Å². The minimum atomic E-state index is -3.13. The second kappa shape index (κ2) is 7.14. The molecule has 0 saturated carbocycles. The Morgan fingerprint density at radius 1 is 1.31 bits per heavy atom. The summed E-state index contributed by atoms with van der Waals surface area (Å²) < 4.78 is 42.2. The molecule has 26 heavy (non-hydrogen) atoms. The van der Waals surface area contributed by atoms with Crippen molar-refractivity contribution in [2.45, 2.75) is 12.5 Å². The van der Waals surface area contributed by atoms with Crippen LogP contribution in [-0.2, 0) is 14.6 Å². The fraction of sp³-hybridized carbons (Fsp3) is 0.222. The first-order valence-electron chi connectivity index (χ1n) is 7.86. The molecule has 1 aromatic heterocycles. The van der Waals surface area contributed by atoms with Crippen LogP contribution in [0.5, 0.6) is 0 Å². The van der Waals surface area contributed by atoms with Crippen molar-refractivity contribution in [1.82, 2.24) is 5.32 Å². The van der Waals surface area contributed by atoms with Crippen LogP contribution in [0.4, 0.5) is 4.39 Å². The van der Waals surface area contributed by atoms with Gasteiger partial charge in [0.15, 0.2) is 9.84 Å². The van der Waals surface area contributed by atoms with Gasteiger partial charge in [0, 0.05) is 12.1 Å². The second-order valence-electron chi connectivity index (χ2n) is 5.93. The molecule has 0 spiro atoms. The van der Waals surface area contributed by atoms with Crippen molar-refractivity contribution in [3.05, 3.63) is 53.5 Å². The molecule has 2 heterocycles. The zero-order valence-corrected chi connectivity index (χ0v) is 14.4. The van der Waals surface area contributed by atoms with E-state index in [1.54, 1.807) is 30.3 Å². The summed E-state index contributed by atoms with van der Waals surface area (Å²) in [5.74, 6) is -0.733. The van der Waals surface area contributed by atoms with Crippen molar-refractivity contribution in [2.75, 3.05) is 11.5 Å². The van der Waals surface area contributed by atoms with Gasteiger partial charge >= 0.3 is 0 Å². The first kappa shape index (κ1) is 17.9. The van der Waals surface area contributed by atoms with Crippen molar-refractivity contribution in [3.8, 4) is 17.4 Å². The third-order valence-electron chi connectivity index (χ3n) is 3.99. The van der Waals surface area contributed by atoms with Crippen molar-refractivity contribution in [1.29, 1.82) is 5.26 Å². The lowest BCUT2D eigenvalue weighted by Gasteiger charge is -2.09. The highest BCUT2D eigenvalue weighted by atomic mass is 32.2. The Bertz CT molecular complexity index is 1020. The quantitative estimate of drug-likeness (QED) is 0.654. The van der Waals surface area contributed by atoms with Gasteiger partial charge in [-0.25, -0.2) is 12.8 Å². The normalized spacial score (nSPS) is 19.1. The molecule has 1 amide bonds. The molecular weight excluding hydrogens is 359 g/mol. The Labute approximate surface area is 149 Å². The Balaban J connectivity index is 1.76. The summed E-state index contributed by atoms with van der Waals surface area (Å²) >= 11 is 0. The van der Waals surface area contributed by atoms with E-state index >= 15 is 0 Å². The standard InChI is InChI=1S/C18H15FN2O4S/c19-16-4-2-1-3-15(16)17-6-5-14(25-17)9-12(10-20)18(22)21-13-7-8-26(23,24)11-13/h1-6,9,13H,7-8,11H2,(H,21,22)/b12-9+/t13-/m0/s1. The molecule has 134 valence electrons. The summed E-state index contributed by atoms with van der Waals surface area (Å²) in [6, 6.07) is 10.4. The first-order valence-corrected chi connectivity index (χ1v) is 9.68. The molecule has 1 aromatic carbocycles. The Kier molecular flexibility index (Phi) is 4.91. The minimum Gasteiger partial charge on any atom is -0.457 e.